The van der Waals surface area contributed by atoms with E-state index in [-0.39, 0.29) is 18.0 Å². The molecule has 0 bridgehead atoms. The number of aliphatic imine (C=N–C) groups is 1. The van der Waals surface area contributed by atoms with Gasteiger partial charge in [0.25, 0.3) is 5.91 Å². The van der Waals surface area contributed by atoms with Crippen LogP contribution in [0.4, 0.5) is 29.3 Å². The summed E-state index contributed by atoms with van der Waals surface area (Å²) < 4.78 is 31.7. The summed E-state index contributed by atoms with van der Waals surface area (Å²) in [7, 11) is 0. The molecule has 39 heavy (non-hydrogen) atoms. The summed E-state index contributed by atoms with van der Waals surface area (Å²) >= 11 is 7.52. The number of aromatic nitrogens is 1. The largest absolute Gasteiger partial charge is 0.490 e. The van der Waals surface area contributed by atoms with Crippen LogP contribution in [0.3, 0.4) is 0 Å². The molecular weight excluding hydrogens is 559 g/mol. The molecule has 0 aliphatic carbocycles. The van der Waals surface area contributed by atoms with E-state index in [0.29, 0.717) is 26.5 Å². The minimum atomic E-state index is -5.08. The Morgan fingerprint density at radius 1 is 1.13 bits per heavy atom. The van der Waals surface area contributed by atoms with Crippen molar-refractivity contribution < 1.29 is 32.7 Å². The van der Waals surface area contributed by atoms with Gasteiger partial charge in [0, 0.05) is 23.3 Å². The van der Waals surface area contributed by atoms with Crippen LogP contribution in [0.5, 0.6) is 0 Å². The fraction of sp³-hybridized carbons (Fsp3) is 0.160. The minimum Gasteiger partial charge on any atom is -0.475 e. The average molecular weight is 580 g/mol. The molecule has 0 radical (unpaired) electrons. The summed E-state index contributed by atoms with van der Waals surface area (Å²) in [5, 5.41) is 17.6. The number of hydrogen-bond acceptors (Lipinski definition) is 6. The van der Waals surface area contributed by atoms with Gasteiger partial charge in [-0.3, -0.25) is 9.78 Å². The highest BCUT2D eigenvalue weighted by molar-refractivity contribution is 8.18. The molecule has 0 atom stereocenters. The molecular formula is C25H21ClF3N5O4S. The van der Waals surface area contributed by atoms with Gasteiger partial charge in [0.05, 0.1) is 21.1 Å². The van der Waals surface area contributed by atoms with Gasteiger partial charge < -0.3 is 21.1 Å². The molecule has 4 N–H and O–H groups in total. The van der Waals surface area contributed by atoms with E-state index < -0.39 is 12.1 Å². The van der Waals surface area contributed by atoms with E-state index in [4.69, 9.17) is 21.5 Å². The van der Waals surface area contributed by atoms with E-state index in [1.807, 2.05) is 44.2 Å². The summed E-state index contributed by atoms with van der Waals surface area (Å²) in [6.07, 6.45) is -1.54. The van der Waals surface area contributed by atoms with Gasteiger partial charge in [0.15, 0.2) is 5.17 Å². The molecule has 2 heterocycles. The molecule has 0 fully saturated rings. The zero-order valence-electron chi connectivity index (χ0n) is 20.3. The Hall–Kier alpha value is -4.10. The van der Waals surface area contributed by atoms with Gasteiger partial charge in [-0.05, 0) is 73.6 Å². The monoisotopic (exact) mass is 579 g/mol. The molecule has 0 unspecified atom stereocenters. The maximum absolute atomic E-state index is 12.4. The fourth-order valence-electron chi connectivity index (χ4n) is 3.04. The fourth-order valence-corrected chi connectivity index (χ4v) is 4.03. The molecule has 14 heteroatoms. The number of carboxylic acids is 1. The zero-order chi connectivity index (χ0) is 28.7. The maximum Gasteiger partial charge on any atom is 0.490 e. The number of nitrogens with zero attached hydrogens (tertiary/aromatic N) is 2. The number of carboxylic acid groups (broad SMARTS) is 1. The third-order valence-electron chi connectivity index (χ3n) is 4.67. The first kappa shape index (κ1) is 29.5. The van der Waals surface area contributed by atoms with Crippen LogP contribution in [0.15, 0.2) is 64.6 Å². The normalized spacial score (nSPS) is 14.1. The highest BCUT2D eigenvalue weighted by atomic mass is 35.5. The highest BCUT2D eigenvalue weighted by Gasteiger charge is 2.38. The Labute approximate surface area is 229 Å². The molecule has 0 saturated carbocycles. The number of carbonyl (C=O) groups is 3. The zero-order valence-corrected chi connectivity index (χ0v) is 21.9. The molecule has 204 valence electrons. The summed E-state index contributed by atoms with van der Waals surface area (Å²) in [5.41, 5.74) is 2.87. The quantitative estimate of drug-likeness (QED) is 0.273. The number of nitrogens with one attached hydrogen (secondary N) is 3. The van der Waals surface area contributed by atoms with E-state index >= 15 is 0 Å². The van der Waals surface area contributed by atoms with Crippen molar-refractivity contribution in [2.24, 2.45) is 4.99 Å². The van der Waals surface area contributed by atoms with Gasteiger partial charge >= 0.3 is 18.2 Å². The Balaban J connectivity index is 0.000000532. The first-order valence-corrected chi connectivity index (χ1v) is 12.3. The van der Waals surface area contributed by atoms with Crippen molar-refractivity contribution in [1.29, 1.82) is 0 Å². The smallest absolute Gasteiger partial charge is 0.475 e. The number of benzene rings is 2. The number of urea groups is 1. The van der Waals surface area contributed by atoms with Crippen LogP contribution in [-0.4, -0.2) is 45.4 Å². The van der Waals surface area contributed by atoms with E-state index in [1.54, 1.807) is 30.5 Å². The third kappa shape index (κ3) is 8.72. The number of rotatable bonds is 4. The van der Waals surface area contributed by atoms with Gasteiger partial charge in [0.1, 0.15) is 0 Å². The number of alkyl halides is 3. The van der Waals surface area contributed by atoms with Crippen LogP contribution < -0.4 is 16.0 Å². The summed E-state index contributed by atoms with van der Waals surface area (Å²) in [5.74, 6) is -3.09. The molecule has 1 aromatic heterocycles. The summed E-state index contributed by atoms with van der Waals surface area (Å²) in [6, 6.07) is 14.4. The van der Waals surface area contributed by atoms with Gasteiger partial charge in [-0.2, -0.15) is 18.2 Å². The summed E-state index contributed by atoms with van der Waals surface area (Å²) in [4.78, 5) is 42.1. The first-order chi connectivity index (χ1) is 18.3. The second-order valence-electron chi connectivity index (χ2n) is 8.16. The second-order valence-corrected chi connectivity index (χ2v) is 9.60. The molecule has 3 amide bonds. The van der Waals surface area contributed by atoms with Crippen molar-refractivity contribution >= 4 is 74.8 Å². The number of fused-ring (bicyclic) bond motifs is 1. The van der Waals surface area contributed by atoms with Crippen LogP contribution in [0.2, 0.25) is 5.02 Å². The van der Waals surface area contributed by atoms with Crippen LogP contribution in [-0.2, 0) is 9.59 Å². The van der Waals surface area contributed by atoms with E-state index in [9.17, 15) is 22.8 Å². The third-order valence-corrected chi connectivity index (χ3v) is 5.90. The number of amidine groups is 1. The lowest BCUT2D eigenvalue weighted by atomic mass is 10.1. The number of aliphatic carboxylic acids is 1. The van der Waals surface area contributed by atoms with Crippen LogP contribution in [0.1, 0.15) is 19.4 Å². The Kier molecular flexibility index (Phi) is 9.54. The number of hydrogen-bond donors (Lipinski definition) is 4. The lowest BCUT2D eigenvalue weighted by Gasteiger charge is -2.12. The van der Waals surface area contributed by atoms with Gasteiger partial charge in [-0.1, -0.05) is 23.7 Å². The predicted octanol–water partition coefficient (Wildman–Crippen LogP) is 6.13. The predicted molar refractivity (Wildman–Crippen MR) is 146 cm³/mol. The van der Waals surface area contributed by atoms with Crippen molar-refractivity contribution in [1.82, 2.24) is 10.3 Å². The van der Waals surface area contributed by atoms with Crippen LogP contribution in [0, 0.1) is 0 Å². The maximum atomic E-state index is 12.4. The van der Waals surface area contributed by atoms with Gasteiger partial charge in [0.2, 0.25) is 0 Å². The van der Waals surface area contributed by atoms with Crippen molar-refractivity contribution in [2.45, 2.75) is 26.1 Å². The van der Waals surface area contributed by atoms with Crippen molar-refractivity contribution in [3.05, 3.63) is 70.2 Å². The number of amides is 3. The lowest BCUT2D eigenvalue weighted by molar-refractivity contribution is -0.192. The molecule has 9 nitrogen and oxygen atoms in total. The average Bonchev–Trinajstić information content (AvgIpc) is 3.18. The Morgan fingerprint density at radius 3 is 2.51 bits per heavy atom. The second kappa shape index (κ2) is 12.6. The molecule has 4 rings (SSSR count). The topological polar surface area (TPSA) is 133 Å². The Morgan fingerprint density at radius 2 is 1.85 bits per heavy atom. The van der Waals surface area contributed by atoms with Crippen LogP contribution >= 0.6 is 23.4 Å². The number of pyridine rings is 1. The molecule has 3 aromatic rings. The Bertz CT molecular complexity index is 1480. The van der Waals surface area contributed by atoms with E-state index in [1.165, 1.54) is 11.8 Å². The lowest BCUT2D eigenvalue weighted by Crippen LogP contribution is -2.34. The van der Waals surface area contributed by atoms with Crippen molar-refractivity contribution in [2.75, 3.05) is 10.6 Å². The highest BCUT2D eigenvalue weighted by Crippen LogP contribution is 2.32. The SMILES string of the molecule is CC(C)NC(=O)Nc1ccc(Cl)c(NC2=NC(=O)/C(=C/c3ccc4ncccc4c3)S2)c1.O=C(O)C(F)(F)F. The molecule has 1 aliphatic heterocycles. The molecule has 0 spiro atoms. The number of thioether (sulfide) groups is 1. The first-order valence-electron chi connectivity index (χ1n) is 11.1. The van der Waals surface area contributed by atoms with Gasteiger partial charge in [-0.25, -0.2) is 9.59 Å². The number of carbonyl (C=O) groups excluding carboxylic acids is 2. The molecule has 0 saturated heterocycles. The van der Waals surface area contributed by atoms with Gasteiger partial charge in [-0.15, -0.1) is 0 Å². The summed E-state index contributed by atoms with van der Waals surface area (Å²) in [6.45, 7) is 3.75. The van der Waals surface area contributed by atoms with E-state index in [2.05, 4.69) is 25.9 Å². The number of halogens is 4. The molecule has 1 aliphatic rings. The molecule has 2 aromatic carbocycles. The van der Waals surface area contributed by atoms with Crippen LogP contribution in [0.25, 0.3) is 17.0 Å². The van der Waals surface area contributed by atoms with Crippen molar-refractivity contribution in [3.63, 3.8) is 0 Å². The van der Waals surface area contributed by atoms with Crippen molar-refractivity contribution in [3.8, 4) is 0 Å². The standard InChI is InChI=1S/C23H20ClN5O2S.C2HF3O2/c1-13(2)26-22(31)27-16-6-7-17(24)19(12-16)28-23-29-21(30)20(32-23)11-14-5-8-18-15(10-14)4-3-9-25-18;3-2(4,5)1(6)7/h3-13H,1-2H3,(H2,26,27,31)(H,28,29,30);(H,6,7)/b20-11-;. The van der Waals surface area contributed by atoms with E-state index in [0.717, 1.165) is 16.5 Å². The minimum absolute atomic E-state index is 0.0132. The number of anilines is 2.